The Balaban J connectivity index is 0.957. The van der Waals surface area contributed by atoms with Crippen LogP contribution in [0.15, 0.2) is 237 Å². The molecule has 0 spiro atoms. The number of rotatable bonds is 6. The van der Waals surface area contributed by atoms with Crippen LogP contribution < -0.4 is 9.47 Å². The third kappa shape index (κ3) is 5.86. The highest BCUT2D eigenvalue weighted by molar-refractivity contribution is 6.08. The lowest BCUT2D eigenvalue weighted by atomic mass is 9.67. The lowest BCUT2D eigenvalue weighted by molar-refractivity contribution is 0.360. The molecule has 2 heterocycles. The van der Waals surface area contributed by atoms with Gasteiger partial charge >= 0.3 is 0 Å². The van der Waals surface area contributed by atoms with Gasteiger partial charge < -0.3 is 9.47 Å². The molecule has 1 aliphatic carbocycles. The van der Waals surface area contributed by atoms with Crippen molar-refractivity contribution in [2.75, 3.05) is 0 Å². The molecule has 3 heteroatoms. The van der Waals surface area contributed by atoms with Crippen LogP contribution in [0.1, 0.15) is 22.3 Å². The second-order valence-electron chi connectivity index (χ2n) is 17.0. The van der Waals surface area contributed by atoms with Crippen LogP contribution in [0.4, 0.5) is 0 Å². The molecule has 1 aromatic heterocycles. The second kappa shape index (κ2) is 14.8. The highest BCUT2D eigenvalue weighted by atomic mass is 16.6. The molecule has 0 atom stereocenters. The molecule has 0 N–H and O–H groups in total. The second-order valence-corrected chi connectivity index (χ2v) is 17.0. The topological polar surface area (TPSA) is 31.4 Å². The number of nitrogens with zero attached hydrogens (tertiary/aromatic N) is 1. The van der Waals surface area contributed by atoms with Gasteiger partial charge in [0.2, 0.25) is 0 Å². The van der Waals surface area contributed by atoms with Gasteiger partial charge in [-0.1, -0.05) is 200 Å². The van der Waals surface area contributed by atoms with Crippen LogP contribution in [0, 0.1) is 0 Å². The monoisotopic (exact) mass is 829 g/mol. The first kappa shape index (κ1) is 37.1. The molecule has 0 saturated carbocycles. The Morgan fingerprint density at radius 1 is 0.308 bits per heavy atom. The minimum Gasteiger partial charge on any atom is -0.449 e. The predicted molar refractivity (Wildman–Crippen MR) is 265 cm³/mol. The lowest BCUT2D eigenvalue weighted by Crippen LogP contribution is -2.28. The highest BCUT2D eigenvalue weighted by Gasteiger charge is 2.47. The molecule has 65 heavy (non-hydrogen) atoms. The van der Waals surface area contributed by atoms with Crippen molar-refractivity contribution in [2.24, 2.45) is 0 Å². The summed E-state index contributed by atoms with van der Waals surface area (Å²) < 4.78 is 14.0. The quantitative estimate of drug-likeness (QED) is 0.156. The molecule has 0 fully saturated rings. The number of hydrogen-bond donors (Lipinski definition) is 0. The Hall–Kier alpha value is -8.53. The molecule has 0 unspecified atom stereocenters. The number of aromatic nitrogens is 1. The average Bonchev–Trinajstić information content (AvgIpc) is 3.67. The molecule has 0 saturated heterocycles. The van der Waals surface area contributed by atoms with E-state index in [1.165, 1.54) is 43.8 Å². The van der Waals surface area contributed by atoms with E-state index < -0.39 is 5.41 Å². The fraction of sp³-hybridized carbons (Fsp3) is 0.0161. The van der Waals surface area contributed by atoms with Gasteiger partial charge in [0, 0.05) is 16.7 Å². The van der Waals surface area contributed by atoms with Crippen LogP contribution >= 0.6 is 0 Å². The summed E-state index contributed by atoms with van der Waals surface area (Å²) in [6.45, 7) is 0. The summed E-state index contributed by atoms with van der Waals surface area (Å²) in [4.78, 5) is 5.40. The number of fused-ring (bicyclic) bond motifs is 8. The maximum atomic E-state index is 7.16. The molecule has 0 radical (unpaired) electrons. The molecular formula is C62H39NO2. The van der Waals surface area contributed by atoms with Crippen molar-refractivity contribution < 1.29 is 9.47 Å². The van der Waals surface area contributed by atoms with Crippen LogP contribution in [0.5, 0.6) is 23.0 Å². The van der Waals surface area contributed by atoms with E-state index in [0.717, 1.165) is 55.9 Å². The van der Waals surface area contributed by atoms with Crippen molar-refractivity contribution in [3.8, 4) is 78.9 Å². The number of hydrogen-bond acceptors (Lipinski definition) is 3. The molecule has 0 amide bonds. The zero-order valence-corrected chi connectivity index (χ0v) is 35.3. The fourth-order valence-corrected chi connectivity index (χ4v) is 10.5. The first-order chi connectivity index (χ1) is 32.2. The van der Waals surface area contributed by atoms with Gasteiger partial charge in [0.15, 0.2) is 23.0 Å². The molecule has 1 aliphatic heterocycles. The summed E-state index contributed by atoms with van der Waals surface area (Å²) in [5, 5.41) is 4.94. The van der Waals surface area contributed by atoms with Gasteiger partial charge in [-0.3, -0.25) is 0 Å². The molecular weight excluding hydrogens is 791 g/mol. The summed E-state index contributed by atoms with van der Waals surface area (Å²) in [7, 11) is 0. The van der Waals surface area contributed by atoms with Gasteiger partial charge in [-0.2, -0.15) is 0 Å². The predicted octanol–water partition coefficient (Wildman–Crippen LogP) is 16.3. The van der Waals surface area contributed by atoms with E-state index in [1.807, 2.05) is 12.1 Å². The molecule has 10 aromatic carbocycles. The summed E-state index contributed by atoms with van der Waals surface area (Å²) >= 11 is 0. The van der Waals surface area contributed by atoms with Crippen LogP contribution in [0.3, 0.4) is 0 Å². The summed E-state index contributed by atoms with van der Waals surface area (Å²) in [6.07, 6.45) is 0. The van der Waals surface area contributed by atoms with Crippen LogP contribution in [-0.4, -0.2) is 4.98 Å². The molecule has 304 valence electrons. The Morgan fingerprint density at radius 3 is 1.72 bits per heavy atom. The number of para-hydroxylation sites is 1. The smallest absolute Gasteiger partial charge is 0.177 e. The fourth-order valence-electron chi connectivity index (χ4n) is 10.5. The van der Waals surface area contributed by atoms with E-state index in [0.29, 0.717) is 23.0 Å². The van der Waals surface area contributed by atoms with Gasteiger partial charge in [-0.25, -0.2) is 4.98 Å². The van der Waals surface area contributed by atoms with Crippen LogP contribution in [-0.2, 0) is 5.41 Å². The van der Waals surface area contributed by atoms with E-state index in [4.69, 9.17) is 14.5 Å². The maximum Gasteiger partial charge on any atom is 0.177 e. The van der Waals surface area contributed by atoms with E-state index in [2.05, 4.69) is 224 Å². The molecule has 11 aromatic rings. The van der Waals surface area contributed by atoms with Crippen molar-refractivity contribution in [3.63, 3.8) is 0 Å². The van der Waals surface area contributed by atoms with Crippen molar-refractivity contribution in [1.29, 1.82) is 0 Å². The maximum absolute atomic E-state index is 7.16. The van der Waals surface area contributed by atoms with E-state index in [1.54, 1.807) is 0 Å². The number of benzene rings is 10. The van der Waals surface area contributed by atoms with Gasteiger partial charge in [0.05, 0.1) is 16.8 Å². The van der Waals surface area contributed by atoms with Crippen molar-refractivity contribution in [2.45, 2.75) is 5.41 Å². The average molecular weight is 830 g/mol. The molecule has 13 rings (SSSR count). The van der Waals surface area contributed by atoms with Crippen molar-refractivity contribution in [1.82, 2.24) is 4.98 Å². The Kier molecular flexibility index (Phi) is 8.44. The van der Waals surface area contributed by atoms with Crippen LogP contribution in [0.25, 0.3) is 77.4 Å². The normalized spacial score (nSPS) is 13.0. The van der Waals surface area contributed by atoms with Crippen LogP contribution in [0.2, 0.25) is 0 Å². The Morgan fingerprint density at radius 2 is 0.923 bits per heavy atom. The summed E-state index contributed by atoms with van der Waals surface area (Å²) in [5.74, 6) is 2.72. The largest absolute Gasteiger partial charge is 0.449 e. The standard InChI is InChI=1S/C62H39NO2/c1-4-18-41(19-5-1)56-36-44(42-33-34-48-43(35-42)32-31-40-17-10-11-24-47(40)48)37-57(63-56)51-27-13-12-25-49(51)52-28-16-30-58-61(52)65-60-39-55-53(38-59(60)64-58)50-26-14-15-29-54(50)62(55,45-20-6-2-7-21-45)46-22-8-3-9-23-46/h1-39H. The molecule has 0 bridgehead atoms. The van der Waals surface area contributed by atoms with Gasteiger partial charge in [-0.05, 0) is 108 Å². The Labute approximate surface area is 377 Å². The van der Waals surface area contributed by atoms with E-state index in [-0.39, 0.29) is 0 Å². The number of pyridine rings is 1. The van der Waals surface area contributed by atoms with Gasteiger partial charge in [0.1, 0.15) is 0 Å². The van der Waals surface area contributed by atoms with Gasteiger partial charge in [0.25, 0.3) is 0 Å². The van der Waals surface area contributed by atoms with Gasteiger partial charge in [-0.15, -0.1) is 0 Å². The minimum absolute atomic E-state index is 0.564. The molecule has 3 nitrogen and oxygen atoms in total. The first-order valence-corrected chi connectivity index (χ1v) is 22.2. The third-order valence-electron chi connectivity index (χ3n) is 13.4. The Bertz CT molecular complexity index is 3610. The van der Waals surface area contributed by atoms with E-state index in [9.17, 15) is 0 Å². The zero-order valence-electron chi connectivity index (χ0n) is 35.3. The minimum atomic E-state index is -0.564. The summed E-state index contributed by atoms with van der Waals surface area (Å²) in [5.41, 5.74) is 14.6. The third-order valence-corrected chi connectivity index (χ3v) is 13.4. The summed E-state index contributed by atoms with van der Waals surface area (Å²) in [6, 6.07) is 84.3. The highest BCUT2D eigenvalue weighted by Crippen LogP contribution is 2.60. The van der Waals surface area contributed by atoms with Crippen molar-refractivity contribution >= 4 is 21.5 Å². The lowest BCUT2D eigenvalue weighted by Gasteiger charge is -2.34. The van der Waals surface area contributed by atoms with Crippen molar-refractivity contribution in [3.05, 3.63) is 259 Å². The first-order valence-electron chi connectivity index (χ1n) is 22.2. The number of ether oxygens (including phenoxy) is 2. The zero-order chi connectivity index (χ0) is 42.9. The van der Waals surface area contributed by atoms with E-state index >= 15 is 0 Å². The SMILES string of the molecule is c1ccc(-c2cc(-c3ccc4c(ccc5ccccc54)c3)cc(-c3ccccc3-c3cccc4c3Oc3cc5c(cc3O4)-c3ccccc3C5(c3ccccc3)c3ccccc3)n2)cc1. The molecule has 2 aliphatic rings.